The summed E-state index contributed by atoms with van der Waals surface area (Å²) in [5.41, 5.74) is 0. The molecule has 2 aromatic rings. The van der Waals surface area contributed by atoms with E-state index in [4.69, 9.17) is 16.3 Å². The normalized spacial score (nSPS) is 11.7. The number of hydrogen-bond donors (Lipinski definition) is 1. The SMILES string of the molecule is CCCOc1c(S(=O)(=O)O)ccc2ccnc(Cl)c12. The molecule has 0 aliphatic carbocycles. The summed E-state index contributed by atoms with van der Waals surface area (Å²) in [5, 5.41) is 1.21. The number of pyridine rings is 1. The highest BCUT2D eigenvalue weighted by molar-refractivity contribution is 7.86. The zero-order chi connectivity index (χ0) is 14.0. The third kappa shape index (κ3) is 2.80. The number of nitrogens with zero attached hydrogens (tertiary/aromatic N) is 1. The fourth-order valence-electron chi connectivity index (χ4n) is 1.73. The topological polar surface area (TPSA) is 76.5 Å². The van der Waals surface area contributed by atoms with E-state index < -0.39 is 10.1 Å². The van der Waals surface area contributed by atoms with Crippen molar-refractivity contribution in [3.05, 3.63) is 29.5 Å². The molecule has 7 heteroatoms. The zero-order valence-electron chi connectivity index (χ0n) is 10.1. The van der Waals surface area contributed by atoms with Crippen molar-refractivity contribution in [2.45, 2.75) is 18.2 Å². The van der Waals surface area contributed by atoms with Gasteiger partial charge in [-0.05, 0) is 23.9 Å². The summed E-state index contributed by atoms with van der Waals surface area (Å²) < 4.78 is 37.5. The molecule has 0 saturated heterocycles. The molecule has 0 aliphatic heterocycles. The van der Waals surface area contributed by atoms with E-state index in [0.29, 0.717) is 23.8 Å². The molecule has 1 heterocycles. The Labute approximate surface area is 115 Å². The van der Waals surface area contributed by atoms with Crippen molar-refractivity contribution in [2.75, 3.05) is 6.61 Å². The van der Waals surface area contributed by atoms with Gasteiger partial charge in [0.05, 0.1) is 12.0 Å². The Balaban J connectivity index is 2.80. The molecule has 5 nitrogen and oxygen atoms in total. The molecule has 102 valence electrons. The minimum Gasteiger partial charge on any atom is -0.491 e. The molecule has 0 fully saturated rings. The summed E-state index contributed by atoms with van der Waals surface area (Å²) in [6.45, 7) is 2.20. The smallest absolute Gasteiger partial charge is 0.298 e. The van der Waals surface area contributed by atoms with Crippen LogP contribution in [0.15, 0.2) is 29.3 Å². The molecule has 1 aromatic heterocycles. The van der Waals surface area contributed by atoms with Crippen LogP contribution in [0, 0.1) is 0 Å². The lowest BCUT2D eigenvalue weighted by Crippen LogP contribution is -2.05. The maximum atomic E-state index is 11.4. The first kappa shape index (κ1) is 14.0. The minimum absolute atomic E-state index is 0.0416. The number of fused-ring (bicyclic) bond motifs is 1. The Morgan fingerprint density at radius 2 is 2.11 bits per heavy atom. The molecule has 19 heavy (non-hydrogen) atoms. The van der Waals surface area contributed by atoms with E-state index in [1.54, 1.807) is 12.1 Å². The number of rotatable bonds is 4. The van der Waals surface area contributed by atoms with Gasteiger partial charge in [0.2, 0.25) is 0 Å². The van der Waals surface area contributed by atoms with Gasteiger partial charge in [-0.2, -0.15) is 8.42 Å². The van der Waals surface area contributed by atoms with E-state index in [1.807, 2.05) is 6.92 Å². The maximum absolute atomic E-state index is 11.4. The predicted octanol–water partition coefficient (Wildman–Crippen LogP) is 2.92. The van der Waals surface area contributed by atoms with E-state index >= 15 is 0 Å². The Morgan fingerprint density at radius 1 is 1.37 bits per heavy atom. The molecule has 0 bridgehead atoms. The first-order valence-corrected chi connectivity index (χ1v) is 7.44. The van der Waals surface area contributed by atoms with Crippen LogP contribution in [0.2, 0.25) is 5.15 Å². The van der Waals surface area contributed by atoms with Gasteiger partial charge in [-0.1, -0.05) is 24.6 Å². The van der Waals surface area contributed by atoms with Crippen molar-refractivity contribution in [1.29, 1.82) is 0 Å². The molecule has 0 unspecified atom stereocenters. The molecule has 0 amide bonds. The summed E-state index contributed by atoms with van der Waals surface area (Å²) >= 11 is 6.00. The maximum Gasteiger partial charge on any atom is 0.298 e. The predicted molar refractivity (Wildman–Crippen MR) is 72.4 cm³/mol. The number of aromatic nitrogens is 1. The average Bonchev–Trinajstić information content (AvgIpc) is 2.34. The van der Waals surface area contributed by atoms with Gasteiger partial charge in [-0.15, -0.1) is 0 Å². The molecule has 0 saturated carbocycles. The summed E-state index contributed by atoms with van der Waals surface area (Å²) in [6, 6.07) is 4.53. The third-order valence-electron chi connectivity index (χ3n) is 2.53. The van der Waals surface area contributed by atoms with E-state index in [-0.39, 0.29) is 15.8 Å². The van der Waals surface area contributed by atoms with Crippen LogP contribution < -0.4 is 4.74 Å². The van der Waals surface area contributed by atoms with Gasteiger partial charge in [0.25, 0.3) is 10.1 Å². The Bertz CT molecular complexity index is 715. The van der Waals surface area contributed by atoms with Crippen LogP contribution in [-0.2, 0) is 10.1 Å². The lowest BCUT2D eigenvalue weighted by Gasteiger charge is -2.12. The van der Waals surface area contributed by atoms with Crippen LogP contribution in [0.5, 0.6) is 5.75 Å². The Morgan fingerprint density at radius 3 is 2.74 bits per heavy atom. The van der Waals surface area contributed by atoms with Gasteiger partial charge in [0.1, 0.15) is 10.0 Å². The van der Waals surface area contributed by atoms with Gasteiger partial charge in [-0.25, -0.2) is 4.98 Å². The molecule has 0 atom stereocenters. The first-order chi connectivity index (χ1) is 8.95. The van der Waals surface area contributed by atoms with Crippen molar-refractivity contribution in [1.82, 2.24) is 4.98 Å². The van der Waals surface area contributed by atoms with Gasteiger partial charge < -0.3 is 4.74 Å². The molecule has 0 radical (unpaired) electrons. The van der Waals surface area contributed by atoms with Crippen LogP contribution >= 0.6 is 11.6 Å². The quantitative estimate of drug-likeness (QED) is 0.694. The van der Waals surface area contributed by atoms with Crippen LogP contribution in [0.25, 0.3) is 10.8 Å². The first-order valence-electron chi connectivity index (χ1n) is 5.62. The fraction of sp³-hybridized carbons (Fsp3) is 0.250. The molecule has 2 rings (SSSR count). The van der Waals surface area contributed by atoms with Gasteiger partial charge >= 0.3 is 0 Å². The average molecular weight is 302 g/mol. The largest absolute Gasteiger partial charge is 0.491 e. The molecule has 1 aromatic carbocycles. The Hall–Kier alpha value is -1.37. The van der Waals surface area contributed by atoms with Crippen LogP contribution in [0.1, 0.15) is 13.3 Å². The number of hydrogen-bond acceptors (Lipinski definition) is 4. The highest BCUT2D eigenvalue weighted by Gasteiger charge is 2.21. The number of ether oxygens (including phenoxy) is 1. The minimum atomic E-state index is -4.38. The second-order valence-corrected chi connectivity index (χ2v) is 5.66. The van der Waals surface area contributed by atoms with Gasteiger partial charge in [-0.3, -0.25) is 4.55 Å². The number of benzene rings is 1. The second-order valence-electron chi connectivity index (χ2n) is 3.92. The van der Waals surface area contributed by atoms with Crippen molar-refractivity contribution in [3.8, 4) is 5.75 Å². The van der Waals surface area contributed by atoms with Gasteiger partial charge in [0, 0.05) is 6.20 Å². The third-order valence-corrected chi connectivity index (χ3v) is 3.69. The standard InChI is InChI=1S/C12H12ClNO4S/c1-2-7-18-11-9(19(15,16)17)4-3-8-5-6-14-12(13)10(8)11/h3-6H,2,7H2,1H3,(H,15,16,17). The fourth-order valence-corrected chi connectivity index (χ4v) is 2.62. The molecule has 0 aliphatic rings. The Kier molecular flexibility index (Phi) is 3.93. The van der Waals surface area contributed by atoms with Crippen molar-refractivity contribution in [3.63, 3.8) is 0 Å². The summed E-state index contributed by atoms with van der Waals surface area (Å²) in [6.07, 6.45) is 2.21. The lowest BCUT2D eigenvalue weighted by molar-refractivity contribution is 0.311. The van der Waals surface area contributed by atoms with Crippen LogP contribution in [-0.4, -0.2) is 24.6 Å². The summed E-state index contributed by atoms with van der Waals surface area (Å²) in [4.78, 5) is 3.61. The lowest BCUT2D eigenvalue weighted by atomic mass is 10.1. The van der Waals surface area contributed by atoms with E-state index in [2.05, 4.69) is 4.98 Å². The van der Waals surface area contributed by atoms with Crippen molar-refractivity contribution >= 4 is 32.5 Å². The van der Waals surface area contributed by atoms with Crippen LogP contribution in [0.3, 0.4) is 0 Å². The van der Waals surface area contributed by atoms with Gasteiger partial charge in [0.15, 0.2) is 5.75 Å². The summed E-state index contributed by atoms with van der Waals surface area (Å²) in [7, 11) is -4.38. The van der Waals surface area contributed by atoms with Crippen LogP contribution in [0.4, 0.5) is 0 Å². The van der Waals surface area contributed by atoms with Crippen molar-refractivity contribution < 1.29 is 17.7 Å². The van der Waals surface area contributed by atoms with Crippen molar-refractivity contribution in [2.24, 2.45) is 0 Å². The highest BCUT2D eigenvalue weighted by Crippen LogP contribution is 2.36. The second kappa shape index (κ2) is 5.32. The molecule has 1 N–H and O–H groups in total. The van der Waals surface area contributed by atoms with E-state index in [9.17, 15) is 13.0 Å². The highest BCUT2D eigenvalue weighted by atomic mass is 35.5. The summed E-state index contributed by atoms with van der Waals surface area (Å²) in [5.74, 6) is 0.0416. The zero-order valence-corrected chi connectivity index (χ0v) is 11.7. The molecule has 0 spiro atoms. The molecular formula is C12H12ClNO4S. The van der Waals surface area contributed by atoms with E-state index in [0.717, 1.165) is 0 Å². The van der Waals surface area contributed by atoms with E-state index in [1.165, 1.54) is 12.3 Å². The monoisotopic (exact) mass is 301 g/mol. The number of halogens is 1. The molecular weight excluding hydrogens is 290 g/mol.